The predicted octanol–water partition coefficient (Wildman–Crippen LogP) is 9.35. The number of anilines is 3. The van der Waals surface area contributed by atoms with E-state index in [1.807, 2.05) is 36.4 Å². The first-order valence-corrected chi connectivity index (χ1v) is 24.5. The van der Waals surface area contributed by atoms with E-state index in [1.54, 1.807) is 30.3 Å². The van der Waals surface area contributed by atoms with Crippen LogP contribution in [-0.4, -0.2) is 68.2 Å². The van der Waals surface area contributed by atoms with Crippen LogP contribution >= 0.6 is 0 Å². The molecule has 0 heterocycles. The number of phenols is 3. The highest BCUT2D eigenvalue weighted by Crippen LogP contribution is 2.39. The van der Waals surface area contributed by atoms with Crippen molar-refractivity contribution in [3.05, 3.63) is 101 Å². The van der Waals surface area contributed by atoms with Gasteiger partial charge in [0.05, 0.1) is 25.2 Å². The first-order valence-electron chi connectivity index (χ1n) is 24.5. The molecule has 0 bridgehead atoms. The van der Waals surface area contributed by atoms with Crippen LogP contribution < -0.4 is 26.4 Å². The Morgan fingerprint density at radius 1 is 0.696 bits per heavy atom. The number of nitrogens with two attached hydrogens (primary N) is 1. The number of hydroxylamine groups is 2. The van der Waals surface area contributed by atoms with Crippen molar-refractivity contribution < 1.29 is 49.1 Å². The van der Waals surface area contributed by atoms with E-state index in [0.717, 1.165) is 60.5 Å². The minimum atomic E-state index is -1.53. The van der Waals surface area contributed by atoms with Gasteiger partial charge in [-0.05, 0) is 101 Å². The highest BCUT2D eigenvalue weighted by atomic mass is 16.7. The number of aliphatic carboxylic acids is 1. The molecule has 0 radical (unpaired) electrons. The third-order valence-electron chi connectivity index (χ3n) is 13.9. The van der Waals surface area contributed by atoms with Gasteiger partial charge >= 0.3 is 5.97 Å². The lowest BCUT2D eigenvalue weighted by molar-refractivity contribution is -0.233. The molecule has 6 rings (SSSR count). The average molecular weight is 952 g/mol. The van der Waals surface area contributed by atoms with E-state index < -0.39 is 30.2 Å². The smallest absolute Gasteiger partial charge is 0.345 e. The quantitative estimate of drug-likeness (QED) is 0.0159. The summed E-state index contributed by atoms with van der Waals surface area (Å²) in [4.78, 5) is 46.0. The molecule has 4 aromatic carbocycles. The number of rotatable bonds is 22. The van der Waals surface area contributed by atoms with Gasteiger partial charge in [-0.1, -0.05) is 97.6 Å². The third kappa shape index (κ3) is 14.7. The van der Waals surface area contributed by atoms with Crippen LogP contribution in [0.2, 0.25) is 0 Å². The summed E-state index contributed by atoms with van der Waals surface area (Å²) in [6.07, 6.45) is 3.93. The summed E-state index contributed by atoms with van der Waals surface area (Å²) in [5.74, 6) is -0.291. The fraction of sp³-hybridized carbons (Fsp3) is 0.500. The Hall–Kier alpha value is -6.19. The third-order valence-corrected chi connectivity index (χ3v) is 13.9. The Balaban J connectivity index is 1.03. The number of nitrogens with one attached hydrogen (secondary N) is 3. The number of carbonyl (C=O) groups is 3. The lowest BCUT2D eigenvalue weighted by Gasteiger charge is -2.41. The van der Waals surface area contributed by atoms with E-state index in [-0.39, 0.29) is 61.0 Å². The maximum atomic E-state index is 14.2. The Labute approximate surface area is 406 Å². The number of phenolic OH excluding ortho intramolecular Hbond substituents is 3. The van der Waals surface area contributed by atoms with Gasteiger partial charge in [0.15, 0.2) is 11.5 Å². The van der Waals surface area contributed by atoms with Crippen LogP contribution in [-0.2, 0) is 50.1 Å². The maximum Gasteiger partial charge on any atom is 0.345 e. The van der Waals surface area contributed by atoms with Crippen LogP contribution in [0.3, 0.4) is 0 Å². The van der Waals surface area contributed by atoms with Gasteiger partial charge in [-0.25, -0.2) is 9.86 Å². The molecule has 4 aromatic rings. The van der Waals surface area contributed by atoms with Crippen LogP contribution in [0.1, 0.15) is 109 Å². The van der Waals surface area contributed by atoms with Crippen molar-refractivity contribution >= 4 is 34.8 Å². The van der Waals surface area contributed by atoms with Crippen LogP contribution in [0.15, 0.2) is 78.9 Å². The Bertz CT molecular complexity index is 2320. The normalized spacial score (nSPS) is 20.8. The van der Waals surface area contributed by atoms with Gasteiger partial charge in [0.2, 0.25) is 12.0 Å². The van der Waals surface area contributed by atoms with Crippen LogP contribution in [0.4, 0.5) is 17.1 Å². The Morgan fingerprint density at radius 2 is 1.26 bits per heavy atom. The van der Waals surface area contributed by atoms with E-state index in [4.69, 9.17) is 20.0 Å². The first kappa shape index (κ1) is 52.2. The van der Waals surface area contributed by atoms with Crippen molar-refractivity contribution in [1.29, 1.82) is 0 Å². The fourth-order valence-corrected chi connectivity index (χ4v) is 10.2. The molecule has 7 unspecified atom stereocenters. The molecule has 0 aromatic heterocycles. The maximum absolute atomic E-state index is 14.2. The summed E-state index contributed by atoms with van der Waals surface area (Å²) in [5, 5.41) is 50.8. The standard InChI is InChI=1S/C54H73N5O10/c1-32(2)52-34(5)9-7-11-47(52)67-31-50(63)58-27-36-13-18-40(19-14-36)56-28-38-17-22-42(24-43(38)55)68-49(54(65)66)26-51(64)59(69-48-12-8-10-35(6)53(48)33(3)4)30-37-15-20-41(21-16-37)57-29-39-23-45(61)46(62)25-44(39)60/h13-25,32-35,47-49,52-53,56-57,60-62H,7-12,26-31,55H2,1-6H3,(H,58,63)(H,65,66). The minimum Gasteiger partial charge on any atom is -0.507 e. The number of benzene rings is 4. The molecule has 2 aliphatic rings. The van der Waals surface area contributed by atoms with Crippen molar-refractivity contribution in [2.24, 2.45) is 35.5 Å². The lowest BCUT2D eigenvalue weighted by Crippen LogP contribution is -2.44. The zero-order valence-corrected chi connectivity index (χ0v) is 40.9. The fourth-order valence-electron chi connectivity index (χ4n) is 10.2. The molecule has 2 aliphatic carbocycles. The number of nitrogens with zero attached hydrogens (tertiary/aromatic N) is 1. The first-order chi connectivity index (χ1) is 32.9. The van der Waals surface area contributed by atoms with E-state index >= 15 is 0 Å². The number of hydrogen-bond donors (Lipinski definition) is 8. The summed E-state index contributed by atoms with van der Waals surface area (Å²) < 4.78 is 12.1. The lowest BCUT2D eigenvalue weighted by atomic mass is 9.72. The molecule has 69 heavy (non-hydrogen) atoms. The van der Waals surface area contributed by atoms with Crippen LogP contribution in [0, 0.1) is 35.5 Å². The summed E-state index contributed by atoms with van der Waals surface area (Å²) in [6.45, 7) is 14.3. The number of carbonyl (C=O) groups excluding carboxylic acids is 2. The van der Waals surface area contributed by atoms with E-state index in [0.29, 0.717) is 59.6 Å². The molecule has 15 nitrogen and oxygen atoms in total. The highest BCUT2D eigenvalue weighted by molar-refractivity contribution is 5.83. The number of carboxylic acid groups (broad SMARTS) is 1. The number of aromatic hydroxyl groups is 3. The summed E-state index contributed by atoms with van der Waals surface area (Å²) >= 11 is 0. The molecule has 7 atom stereocenters. The highest BCUT2D eigenvalue weighted by Gasteiger charge is 2.37. The summed E-state index contributed by atoms with van der Waals surface area (Å²) in [7, 11) is 0. The van der Waals surface area contributed by atoms with Gasteiger partial charge in [-0.3, -0.25) is 14.4 Å². The number of carboxylic acids is 1. The van der Waals surface area contributed by atoms with E-state index in [2.05, 4.69) is 57.5 Å². The van der Waals surface area contributed by atoms with Gasteiger partial charge in [0.25, 0.3) is 5.91 Å². The number of nitrogen functional groups attached to an aromatic ring is 1. The minimum absolute atomic E-state index is 0.0516. The number of hydrogen-bond acceptors (Lipinski definition) is 12. The Morgan fingerprint density at radius 3 is 1.86 bits per heavy atom. The predicted molar refractivity (Wildman–Crippen MR) is 266 cm³/mol. The summed E-state index contributed by atoms with van der Waals surface area (Å²) in [5.41, 5.74) is 11.2. The molecule has 2 saturated carbocycles. The van der Waals surface area contributed by atoms with E-state index in [9.17, 15) is 34.8 Å². The van der Waals surface area contributed by atoms with Gasteiger partial charge in [0, 0.05) is 54.4 Å². The molecule has 2 fully saturated rings. The van der Waals surface area contributed by atoms with Crippen LogP contribution in [0.5, 0.6) is 23.0 Å². The molecule has 0 aliphatic heterocycles. The number of ether oxygens (including phenoxy) is 2. The zero-order chi connectivity index (χ0) is 49.8. The van der Waals surface area contributed by atoms with Crippen molar-refractivity contribution in [2.45, 2.75) is 131 Å². The van der Waals surface area contributed by atoms with Gasteiger partial charge in [0.1, 0.15) is 18.1 Å². The largest absolute Gasteiger partial charge is 0.507 e. The molecule has 374 valence electrons. The Kier molecular flexibility index (Phi) is 18.4. The van der Waals surface area contributed by atoms with Crippen molar-refractivity contribution in [3.63, 3.8) is 0 Å². The monoisotopic (exact) mass is 952 g/mol. The topological polar surface area (TPSA) is 225 Å². The van der Waals surface area contributed by atoms with Crippen molar-refractivity contribution in [3.8, 4) is 23.0 Å². The average Bonchev–Trinajstić information content (AvgIpc) is 3.30. The second kappa shape index (κ2) is 24.4. The molecular formula is C54H73N5O10. The van der Waals surface area contributed by atoms with Crippen molar-refractivity contribution in [2.75, 3.05) is 23.0 Å². The van der Waals surface area contributed by atoms with E-state index in [1.165, 1.54) is 17.6 Å². The molecule has 0 spiro atoms. The van der Waals surface area contributed by atoms with Gasteiger partial charge in [-0.2, -0.15) is 0 Å². The molecular weight excluding hydrogens is 879 g/mol. The van der Waals surface area contributed by atoms with Crippen molar-refractivity contribution in [1.82, 2.24) is 10.4 Å². The SMILES string of the molecule is CC(C)C1C(C)CCCC1OCC(=O)NCc1ccc(NCc2ccc(OC(CC(=O)N(Cc3ccc(NCc4cc(O)c(O)cc4O)cc3)OC3CCCC(C)C3C(C)C)C(=O)O)cc2N)cc1. The molecule has 15 heteroatoms. The van der Waals surface area contributed by atoms with Crippen LogP contribution in [0.25, 0.3) is 0 Å². The number of amides is 2. The van der Waals surface area contributed by atoms with Gasteiger partial charge in [-0.15, -0.1) is 0 Å². The molecule has 9 N–H and O–H groups in total. The molecule has 2 amide bonds. The van der Waals surface area contributed by atoms with Gasteiger partial charge < -0.3 is 51.6 Å². The zero-order valence-electron chi connectivity index (χ0n) is 40.9. The summed E-state index contributed by atoms with van der Waals surface area (Å²) in [6, 6.07) is 22.3. The second-order valence-corrected chi connectivity index (χ2v) is 19.7. The molecule has 0 saturated heterocycles. The second-order valence-electron chi connectivity index (χ2n) is 19.7.